The number of quaternary nitrogens is 1. The van der Waals surface area contributed by atoms with E-state index in [1.54, 1.807) is 0 Å². The van der Waals surface area contributed by atoms with E-state index in [-0.39, 0.29) is 36.2 Å². The van der Waals surface area contributed by atoms with Gasteiger partial charge < -0.3 is 23.8 Å². The smallest absolute Gasteiger partial charge is 0.362 e. The first-order valence-corrected chi connectivity index (χ1v) is 26.1. The van der Waals surface area contributed by atoms with Gasteiger partial charge in [0.05, 0.1) is 34.4 Å². The molecule has 0 saturated carbocycles. The van der Waals surface area contributed by atoms with Gasteiger partial charge in [0.2, 0.25) is 0 Å². The number of hydrogen-bond donors (Lipinski definition) is 1. The van der Waals surface area contributed by atoms with Crippen LogP contribution in [0, 0.1) is 0 Å². The minimum absolute atomic E-state index is 0.0413. The molecule has 0 bridgehead atoms. The van der Waals surface area contributed by atoms with Crippen LogP contribution >= 0.6 is 0 Å². The third kappa shape index (κ3) is 41.7. The Bertz CT molecular complexity index is 951. The largest absolute Gasteiger partial charge is 0.477 e. The van der Waals surface area contributed by atoms with Crippen molar-refractivity contribution in [1.29, 1.82) is 0 Å². The van der Waals surface area contributed by atoms with E-state index in [0.717, 1.165) is 38.5 Å². The lowest BCUT2D eigenvalue weighted by Gasteiger charge is -2.31. The van der Waals surface area contributed by atoms with Crippen LogP contribution in [-0.2, 0) is 28.6 Å². The second-order valence-electron chi connectivity index (χ2n) is 19.1. The number of carboxylic acid groups (broad SMARTS) is 1. The quantitative estimate of drug-likeness (QED) is 0.0370. The van der Waals surface area contributed by atoms with Gasteiger partial charge in [-0.3, -0.25) is 9.59 Å². The van der Waals surface area contributed by atoms with Crippen LogP contribution in [0.2, 0.25) is 0 Å². The summed E-state index contributed by atoms with van der Waals surface area (Å²) in [5.74, 6) is -1.44. The maximum Gasteiger partial charge on any atom is 0.362 e. The summed E-state index contributed by atoms with van der Waals surface area (Å²) < 4.78 is 17.4. The molecular formula is C52H102NO7+. The van der Waals surface area contributed by atoms with Gasteiger partial charge in [-0.25, -0.2) is 4.79 Å². The van der Waals surface area contributed by atoms with Gasteiger partial charge in [0.1, 0.15) is 6.61 Å². The van der Waals surface area contributed by atoms with Crippen molar-refractivity contribution in [3.05, 3.63) is 0 Å². The molecule has 0 aliphatic rings. The molecule has 0 aromatic heterocycles. The molecule has 0 saturated heterocycles. The molecule has 0 heterocycles. The van der Waals surface area contributed by atoms with E-state index in [1.807, 2.05) is 21.1 Å². The second-order valence-corrected chi connectivity index (χ2v) is 19.1. The van der Waals surface area contributed by atoms with Crippen molar-refractivity contribution in [2.75, 3.05) is 41.0 Å². The summed E-state index contributed by atoms with van der Waals surface area (Å²) in [6, 6.07) is -0.609. The molecule has 0 amide bonds. The lowest BCUT2D eigenvalue weighted by molar-refractivity contribution is -0.887. The van der Waals surface area contributed by atoms with Crippen LogP contribution in [0.5, 0.6) is 0 Å². The van der Waals surface area contributed by atoms with E-state index in [0.29, 0.717) is 19.3 Å². The number of hydrogen-bond acceptors (Lipinski definition) is 6. The number of carboxylic acids is 1. The first kappa shape index (κ1) is 58.3. The van der Waals surface area contributed by atoms with Gasteiger partial charge in [0.15, 0.2) is 12.1 Å². The van der Waals surface area contributed by atoms with Crippen LogP contribution in [0.15, 0.2) is 0 Å². The number of carbonyl (C=O) groups is 3. The Balaban J connectivity index is 4.17. The Morgan fingerprint density at radius 2 is 0.733 bits per heavy atom. The number of aliphatic carboxylic acids is 1. The Morgan fingerprint density at radius 1 is 0.433 bits per heavy atom. The van der Waals surface area contributed by atoms with E-state index in [1.165, 1.54) is 193 Å². The zero-order chi connectivity index (χ0) is 44.2. The summed E-state index contributed by atoms with van der Waals surface area (Å²) in [4.78, 5) is 37.1. The minimum atomic E-state index is -0.869. The molecule has 8 heteroatoms. The van der Waals surface area contributed by atoms with Gasteiger partial charge in [-0.2, -0.15) is 0 Å². The highest BCUT2D eigenvalue weighted by molar-refractivity contribution is 5.72. The molecule has 2 unspecified atom stereocenters. The summed E-state index contributed by atoms with van der Waals surface area (Å²) in [5.41, 5.74) is 0. The van der Waals surface area contributed by atoms with Gasteiger partial charge in [0.25, 0.3) is 0 Å². The van der Waals surface area contributed by atoms with Crippen LogP contribution in [-0.4, -0.2) is 80.6 Å². The van der Waals surface area contributed by atoms with Crippen molar-refractivity contribution in [2.24, 2.45) is 0 Å². The molecule has 0 rings (SSSR count). The number of carbonyl (C=O) groups excluding carboxylic acids is 2. The molecule has 8 nitrogen and oxygen atoms in total. The lowest BCUT2D eigenvalue weighted by Crippen LogP contribution is -2.50. The monoisotopic (exact) mass is 853 g/mol. The summed E-state index contributed by atoms with van der Waals surface area (Å²) in [7, 11) is 5.55. The zero-order valence-electron chi connectivity index (χ0n) is 40.7. The minimum Gasteiger partial charge on any atom is -0.477 e. The molecule has 0 fully saturated rings. The van der Waals surface area contributed by atoms with Gasteiger partial charge in [-0.1, -0.05) is 232 Å². The molecule has 60 heavy (non-hydrogen) atoms. The molecule has 2 atom stereocenters. The molecular weight excluding hydrogens is 751 g/mol. The van der Waals surface area contributed by atoms with Gasteiger partial charge in [0, 0.05) is 19.3 Å². The molecule has 0 aliphatic carbocycles. The second kappa shape index (κ2) is 44.0. The van der Waals surface area contributed by atoms with Crippen molar-refractivity contribution < 1.29 is 38.2 Å². The molecule has 1 N–H and O–H groups in total. The first-order chi connectivity index (χ1) is 29.1. The van der Waals surface area contributed by atoms with Crippen molar-refractivity contribution >= 4 is 17.9 Å². The maximum absolute atomic E-state index is 12.8. The molecule has 0 aliphatic heterocycles. The molecule has 0 spiro atoms. The third-order valence-corrected chi connectivity index (χ3v) is 12.3. The van der Waals surface area contributed by atoms with E-state index in [2.05, 4.69) is 13.8 Å². The fourth-order valence-corrected chi connectivity index (χ4v) is 8.21. The van der Waals surface area contributed by atoms with E-state index in [9.17, 15) is 19.5 Å². The Hall–Kier alpha value is -1.67. The number of likely N-dealkylation sites (N-methyl/N-ethyl adjacent to an activating group) is 1. The van der Waals surface area contributed by atoms with E-state index in [4.69, 9.17) is 14.2 Å². The number of nitrogens with zero attached hydrogens (tertiary/aromatic N) is 1. The number of esters is 2. The summed E-state index contributed by atoms with van der Waals surface area (Å²) in [6.07, 6.45) is 47.2. The van der Waals surface area contributed by atoms with Crippen molar-refractivity contribution in [1.82, 2.24) is 0 Å². The van der Waals surface area contributed by atoms with E-state index >= 15 is 0 Å². The van der Waals surface area contributed by atoms with E-state index < -0.39 is 18.1 Å². The van der Waals surface area contributed by atoms with Crippen molar-refractivity contribution in [3.63, 3.8) is 0 Å². The van der Waals surface area contributed by atoms with Gasteiger partial charge in [-0.15, -0.1) is 0 Å². The van der Waals surface area contributed by atoms with Crippen LogP contribution < -0.4 is 0 Å². The predicted octanol–water partition coefficient (Wildman–Crippen LogP) is 14.9. The normalized spacial score (nSPS) is 12.8. The van der Waals surface area contributed by atoms with Crippen LogP contribution in [0.3, 0.4) is 0 Å². The van der Waals surface area contributed by atoms with Crippen LogP contribution in [0.1, 0.15) is 264 Å². The first-order valence-electron chi connectivity index (χ1n) is 26.1. The summed E-state index contributed by atoms with van der Waals surface area (Å²) >= 11 is 0. The molecule has 0 radical (unpaired) electrons. The zero-order valence-corrected chi connectivity index (χ0v) is 40.7. The third-order valence-electron chi connectivity index (χ3n) is 12.3. The Labute approximate surface area is 372 Å². The highest BCUT2D eigenvalue weighted by atomic mass is 16.6. The predicted molar refractivity (Wildman–Crippen MR) is 253 cm³/mol. The number of rotatable bonds is 48. The van der Waals surface area contributed by atoms with Crippen LogP contribution in [0.25, 0.3) is 0 Å². The fourth-order valence-electron chi connectivity index (χ4n) is 8.21. The number of ether oxygens (including phenoxy) is 3. The maximum atomic E-state index is 12.8. The highest BCUT2D eigenvalue weighted by Gasteiger charge is 2.31. The Kier molecular flexibility index (Phi) is 42.7. The van der Waals surface area contributed by atoms with Gasteiger partial charge >= 0.3 is 17.9 Å². The summed E-state index contributed by atoms with van der Waals surface area (Å²) in [6.45, 7) is 4.80. The fraction of sp³-hybridized carbons (Fsp3) is 0.942. The average molecular weight is 853 g/mol. The summed E-state index contributed by atoms with van der Waals surface area (Å²) in [5, 5.41) is 9.65. The highest BCUT2D eigenvalue weighted by Crippen LogP contribution is 2.17. The van der Waals surface area contributed by atoms with Gasteiger partial charge in [-0.05, 0) is 12.8 Å². The number of unbranched alkanes of at least 4 members (excludes halogenated alkanes) is 34. The van der Waals surface area contributed by atoms with Crippen molar-refractivity contribution in [3.8, 4) is 0 Å². The molecule has 0 aromatic carbocycles. The van der Waals surface area contributed by atoms with Crippen molar-refractivity contribution in [2.45, 2.75) is 276 Å². The average Bonchev–Trinajstić information content (AvgIpc) is 3.21. The lowest BCUT2D eigenvalue weighted by atomic mass is 10.0. The Morgan fingerprint density at radius 3 is 1.03 bits per heavy atom. The standard InChI is InChI=1S/C52H101NO7/c1-6-8-10-12-14-16-18-20-22-24-25-26-27-29-30-32-34-36-38-40-42-50(54)59-47-48(46-58-45-44-49(52(56)57)53(3,4)5)60-51(55)43-41-39-37-35-33-31-28-23-21-19-17-15-13-11-9-7-2/h48-49H,6-47H2,1-5H3/p+1. The molecule has 356 valence electrons. The SMILES string of the molecule is CCCCCCCCCCCCCCCCCCCCCCC(=O)OCC(COCCC(C(=O)O)[N+](C)(C)C)OC(=O)CCCCCCCCCCCCCCCCCC. The topological polar surface area (TPSA) is 99.1 Å². The van der Waals surface area contributed by atoms with Crippen LogP contribution in [0.4, 0.5) is 0 Å². The molecule has 0 aromatic rings.